The molecule has 4 rings (SSSR count). The van der Waals surface area contributed by atoms with Crippen molar-refractivity contribution in [2.75, 3.05) is 33.8 Å². The second-order valence-electron chi connectivity index (χ2n) is 6.59. The van der Waals surface area contributed by atoms with Gasteiger partial charge in [-0.05, 0) is 25.1 Å². The smallest absolute Gasteiger partial charge is 0.264 e. The number of anilines is 2. The summed E-state index contributed by atoms with van der Waals surface area (Å²) in [7, 11) is 6.12. The highest BCUT2D eigenvalue weighted by molar-refractivity contribution is 5.90. The van der Waals surface area contributed by atoms with Crippen molar-refractivity contribution in [2.45, 2.75) is 6.92 Å². The number of rotatable bonds is 6. The molecule has 10 heteroatoms. The average Bonchev–Trinajstić information content (AvgIpc) is 2.77. The molecular weight excluding hydrogens is 402 g/mol. The van der Waals surface area contributed by atoms with Crippen LogP contribution in [0.25, 0.3) is 21.8 Å². The highest BCUT2D eigenvalue weighted by Crippen LogP contribution is 2.33. The molecule has 4 aromatic rings. The number of nitrogens with one attached hydrogen (secondary N) is 2. The molecule has 2 N–H and O–H groups in total. The minimum Gasteiger partial charge on any atom is -0.496 e. The number of methoxy groups -OCH3 is 4. The van der Waals surface area contributed by atoms with Crippen molar-refractivity contribution in [3.63, 3.8) is 0 Å². The Morgan fingerprint density at radius 2 is 1.48 bits per heavy atom. The van der Waals surface area contributed by atoms with Crippen molar-refractivity contribution in [1.82, 2.24) is 19.9 Å². The van der Waals surface area contributed by atoms with E-state index in [1.807, 2.05) is 13.0 Å². The third-order valence-electron chi connectivity index (χ3n) is 4.85. The Balaban J connectivity index is 1.82. The maximum absolute atomic E-state index is 12.7. The van der Waals surface area contributed by atoms with E-state index in [0.29, 0.717) is 39.4 Å². The molecule has 10 nitrogen and oxygen atoms in total. The predicted octanol–water partition coefficient (Wildman–Crippen LogP) is 2.95. The fourth-order valence-electron chi connectivity index (χ4n) is 3.36. The molecule has 160 valence electrons. The Morgan fingerprint density at radius 3 is 2.16 bits per heavy atom. The summed E-state index contributed by atoms with van der Waals surface area (Å²) >= 11 is 0. The highest BCUT2D eigenvalue weighted by atomic mass is 16.5. The van der Waals surface area contributed by atoms with E-state index >= 15 is 0 Å². The fourth-order valence-corrected chi connectivity index (χ4v) is 3.36. The molecule has 0 amide bonds. The van der Waals surface area contributed by atoms with Gasteiger partial charge < -0.3 is 18.9 Å². The van der Waals surface area contributed by atoms with Crippen molar-refractivity contribution in [2.24, 2.45) is 0 Å². The van der Waals surface area contributed by atoms with Gasteiger partial charge in [0.05, 0.1) is 39.6 Å². The molecule has 2 aromatic carbocycles. The lowest BCUT2D eigenvalue weighted by atomic mass is 10.1. The van der Waals surface area contributed by atoms with Crippen LogP contribution < -0.4 is 29.8 Å². The second-order valence-corrected chi connectivity index (χ2v) is 6.59. The van der Waals surface area contributed by atoms with Gasteiger partial charge in [-0.1, -0.05) is 0 Å². The summed E-state index contributed by atoms with van der Waals surface area (Å²) < 4.78 is 21.4. The SMILES string of the molecule is COc1cc2nc(Nc3nc4c(OC)ccc(OC)c4c(=O)[nH]3)nc(C)c2cc1OC. The third kappa shape index (κ3) is 3.52. The van der Waals surface area contributed by atoms with Gasteiger partial charge in [0.15, 0.2) is 11.5 Å². The lowest BCUT2D eigenvalue weighted by Crippen LogP contribution is -2.14. The molecule has 0 aliphatic carbocycles. The first-order chi connectivity index (χ1) is 15.0. The van der Waals surface area contributed by atoms with E-state index in [1.54, 1.807) is 32.4 Å². The summed E-state index contributed by atoms with van der Waals surface area (Å²) in [6, 6.07) is 6.93. The van der Waals surface area contributed by atoms with E-state index < -0.39 is 0 Å². The number of aromatic amines is 1. The van der Waals surface area contributed by atoms with Crippen LogP contribution in [0.5, 0.6) is 23.0 Å². The summed E-state index contributed by atoms with van der Waals surface area (Å²) in [5.74, 6) is 2.41. The number of hydrogen-bond donors (Lipinski definition) is 2. The van der Waals surface area contributed by atoms with Crippen molar-refractivity contribution in [3.8, 4) is 23.0 Å². The van der Waals surface area contributed by atoms with Gasteiger partial charge in [-0.15, -0.1) is 0 Å². The van der Waals surface area contributed by atoms with E-state index in [-0.39, 0.29) is 17.5 Å². The van der Waals surface area contributed by atoms with Crippen LogP contribution in [0.3, 0.4) is 0 Å². The first-order valence-corrected chi connectivity index (χ1v) is 9.31. The zero-order chi connectivity index (χ0) is 22.1. The number of H-pyrrole nitrogens is 1. The molecule has 2 heterocycles. The maximum atomic E-state index is 12.7. The van der Waals surface area contributed by atoms with E-state index in [4.69, 9.17) is 18.9 Å². The van der Waals surface area contributed by atoms with Gasteiger partial charge in [0.2, 0.25) is 11.9 Å². The molecule has 0 saturated carbocycles. The topological polar surface area (TPSA) is 120 Å². The standard InChI is InChI=1S/C21H21N5O5/c1-10-11-8-15(30-4)16(31-5)9-12(11)23-20(22-10)26-21-24-18-14(29-3)7-6-13(28-2)17(18)19(27)25-21/h6-9H,1-5H3,(H2,22,23,24,25,26,27). The Morgan fingerprint density at radius 1 is 0.839 bits per heavy atom. The summed E-state index contributed by atoms with van der Waals surface area (Å²) in [4.78, 5) is 28.9. The van der Waals surface area contributed by atoms with Crippen LogP contribution in [-0.4, -0.2) is 48.4 Å². The number of fused-ring (bicyclic) bond motifs is 2. The van der Waals surface area contributed by atoms with E-state index in [2.05, 4.69) is 25.3 Å². The number of aryl methyl sites for hydroxylation is 1. The molecule has 0 bridgehead atoms. The molecule has 0 aliphatic rings. The molecule has 2 aromatic heterocycles. The Bertz CT molecular complexity index is 1350. The minimum absolute atomic E-state index is 0.170. The lowest BCUT2D eigenvalue weighted by molar-refractivity contribution is 0.355. The lowest BCUT2D eigenvalue weighted by Gasteiger charge is -2.12. The zero-order valence-electron chi connectivity index (χ0n) is 17.7. The van der Waals surface area contributed by atoms with Gasteiger partial charge >= 0.3 is 0 Å². The normalized spacial score (nSPS) is 10.9. The van der Waals surface area contributed by atoms with E-state index in [1.165, 1.54) is 14.2 Å². The van der Waals surface area contributed by atoms with Crippen molar-refractivity contribution in [3.05, 3.63) is 40.3 Å². The Labute approximate surface area is 177 Å². The average molecular weight is 423 g/mol. The van der Waals surface area contributed by atoms with Crippen LogP contribution in [0, 0.1) is 6.92 Å². The van der Waals surface area contributed by atoms with Crippen LogP contribution in [0.4, 0.5) is 11.9 Å². The molecule has 0 radical (unpaired) electrons. The number of nitrogens with zero attached hydrogens (tertiary/aromatic N) is 3. The van der Waals surface area contributed by atoms with E-state index in [9.17, 15) is 4.79 Å². The van der Waals surface area contributed by atoms with E-state index in [0.717, 1.165) is 11.1 Å². The molecule has 0 spiro atoms. The van der Waals surface area contributed by atoms with Crippen molar-refractivity contribution >= 4 is 33.7 Å². The van der Waals surface area contributed by atoms with Crippen molar-refractivity contribution in [1.29, 1.82) is 0 Å². The summed E-state index contributed by atoms with van der Waals surface area (Å²) in [5, 5.41) is 4.07. The Hall–Kier alpha value is -4.08. The predicted molar refractivity (Wildman–Crippen MR) is 116 cm³/mol. The maximum Gasteiger partial charge on any atom is 0.264 e. The number of aromatic nitrogens is 4. The van der Waals surface area contributed by atoms with Gasteiger partial charge in [-0.25, -0.2) is 15.0 Å². The van der Waals surface area contributed by atoms with Gasteiger partial charge in [-0.3, -0.25) is 15.1 Å². The van der Waals surface area contributed by atoms with Gasteiger partial charge in [-0.2, -0.15) is 0 Å². The molecule has 0 fully saturated rings. The first-order valence-electron chi connectivity index (χ1n) is 9.31. The number of ether oxygens (including phenoxy) is 4. The molecule has 0 unspecified atom stereocenters. The fraction of sp³-hybridized carbons (Fsp3) is 0.238. The van der Waals surface area contributed by atoms with Gasteiger partial charge in [0.25, 0.3) is 5.56 Å². The molecular formula is C21H21N5O5. The first kappa shape index (κ1) is 20.2. The highest BCUT2D eigenvalue weighted by Gasteiger charge is 2.16. The van der Waals surface area contributed by atoms with Crippen LogP contribution in [0.1, 0.15) is 5.69 Å². The van der Waals surface area contributed by atoms with Crippen LogP contribution in [0.15, 0.2) is 29.1 Å². The van der Waals surface area contributed by atoms with Gasteiger partial charge in [0.1, 0.15) is 22.4 Å². The molecule has 0 aliphatic heterocycles. The number of benzene rings is 2. The minimum atomic E-state index is -0.382. The largest absolute Gasteiger partial charge is 0.496 e. The monoisotopic (exact) mass is 423 g/mol. The quantitative estimate of drug-likeness (QED) is 0.482. The number of hydrogen-bond acceptors (Lipinski definition) is 9. The van der Waals surface area contributed by atoms with Crippen LogP contribution >= 0.6 is 0 Å². The molecule has 31 heavy (non-hydrogen) atoms. The molecule has 0 atom stereocenters. The summed E-state index contributed by atoms with van der Waals surface area (Å²) in [6.07, 6.45) is 0. The summed E-state index contributed by atoms with van der Waals surface area (Å²) in [6.45, 7) is 1.85. The second kappa shape index (κ2) is 7.98. The molecule has 0 saturated heterocycles. The third-order valence-corrected chi connectivity index (χ3v) is 4.85. The van der Waals surface area contributed by atoms with Crippen LogP contribution in [-0.2, 0) is 0 Å². The van der Waals surface area contributed by atoms with Crippen molar-refractivity contribution < 1.29 is 18.9 Å². The summed E-state index contributed by atoms with van der Waals surface area (Å²) in [5.41, 5.74) is 1.34. The Kier molecular flexibility index (Phi) is 5.20. The van der Waals surface area contributed by atoms with Gasteiger partial charge in [0, 0.05) is 11.5 Å². The van der Waals surface area contributed by atoms with Crippen LogP contribution in [0.2, 0.25) is 0 Å². The zero-order valence-corrected chi connectivity index (χ0v) is 17.7.